The Balaban J connectivity index is 1.45. The van der Waals surface area contributed by atoms with Gasteiger partial charge in [0.05, 0.1) is 11.0 Å². The quantitative estimate of drug-likeness (QED) is 0.426. The van der Waals surface area contributed by atoms with E-state index in [2.05, 4.69) is 5.32 Å². The number of aromatic nitrogens is 2. The van der Waals surface area contributed by atoms with E-state index in [1.165, 1.54) is 0 Å². The Bertz CT molecular complexity index is 1250. The number of nitrogens with one attached hydrogen (secondary N) is 1. The Hall–Kier alpha value is -3.64. The maximum atomic E-state index is 13.0. The second-order valence-electron chi connectivity index (χ2n) is 7.85. The summed E-state index contributed by atoms with van der Waals surface area (Å²) in [6.07, 6.45) is 0.504. The van der Waals surface area contributed by atoms with Crippen LogP contribution in [0.2, 0.25) is 5.02 Å². The van der Waals surface area contributed by atoms with E-state index < -0.39 is 0 Å². The number of fused-ring (bicyclic) bond motifs is 1. The molecule has 1 N–H and O–H groups in total. The highest BCUT2D eigenvalue weighted by molar-refractivity contribution is 6.30. The van der Waals surface area contributed by atoms with Crippen molar-refractivity contribution in [2.45, 2.75) is 19.5 Å². The zero-order valence-corrected chi connectivity index (χ0v) is 19.1. The van der Waals surface area contributed by atoms with Crippen molar-refractivity contribution in [3.63, 3.8) is 0 Å². The van der Waals surface area contributed by atoms with Crippen LogP contribution in [-0.2, 0) is 24.3 Å². The average Bonchev–Trinajstić information content (AvgIpc) is 3.17. The number of likely N-dealkylation sites (N-methyl/N-ethyl adjacent to an activating group) is 1. The molecule has 0 radical (unpaired) electrons. The summed E-state index contributed by atoms with van der Waals surface area (Å²) in [6.45, 7) is 1.13. The second-order valence-corrected chi connectivity index (χ2v) is 8.29. The van der Waals surface area contributed by atoms with Crippen molar-refractivity contribution < 1.29 is 9.59 Å². The minimum atomic E-state index is -0.173. The molecular weight excluding hydrogens is 436 g/mol. The van der Waals surface area contributed by atoms with Crippen molar-refractivity contribution in [3.05, 3.63) is 101 Å². The number of hydrogen-bond acceptors (Lipinski definition) is 3. The van der Waals surface area contributed by atoms with Crippen molar-refractivity contribution in [1.82, 2.24) is 19.8 Å². The molecule has 0 spiro atoms. The predicted octanol–water partition coefficient (Wildman–Crippen LogP) is 4.32. The van der Waals surface area contributed by atoms with Crippen LogP contribution in [0.3, 0.4) is 0 Å². The van der Waals surface area contributed by atoms with Crippen LogP contribution in [0.1, 0.15) is 21.7 Å². The third kappa shape index (κ3) is 5.59. The summed E-state index contributed by atoms with van der Waals surface area (Å²) < 4.78 is 1.94. The Morgan fingerprint density at radius 1 is 0.970 bits per heavy atom. The van der Waals surface area contributed by atoms with Crippen LogP contribution in [0.25, 0.3) is 11.0 Å². The molecule has 0 fully saturated rings. The van der Waals surface area contributed by atoms with Gasteiger partial charge in [-0.25, -0.2) is 4.98 Å². The highest BCUT2D eigenvalue weighted by Crippen LogP contribution is 2.17. The van der Waals surface area contributed by atoms with Crippen molar-refractivity contribution >= 4 is 34.4 Å². The van der Waals surface area contributed by atoms with Gasteiger partial charge in [-0.1, -0.05) is 54.1 Å². The highest BCUT2D eigenvalue weighted by atomic mass is 35.5. The molecule has 0 aliphatic carbocycles. The van der Waals surface area contributed by atoms with Crippen LogP contribution in [0.4, 0.5) is 0 Å². The third-order valence-corrected chi connectivity index (χ3v) is 5.71. The topological polar surface area (TPSA) is 67.2 Å². The Morgan fingerprint density at radius 3 is 2.42 bits per heavy atom. The maximum absolute atomic E-state index is 13.0. The smallest absolute Gasteiger partial charge is 0.251 e. The fourth-order valence-corrected chi connectivity index (χ4v) is 3.81. The monoisotopic (exact) mass is 460 g/mol. The molecule has 4 rings (SSSR count). The molecule has 0 aliphatic heterocycles. The van der Waals surface area contributed by atoms with E-state index in [9.17, 15) is 9.59 Å². The normalized spacial score (nSPS) is 10.8. The number of hydrogen-bond donors (Lipinski definition) is 1. The number of benzene rings is 3. The largest absolute Gasteiger partial charge is 0.352 e. The lowest BCUT2D eigenvalue weighted by molar-refractivity contribution is -0.131. The first-order chi connectivity index (χ1) is 16.0. The van der Waals surface area contributed by atoms with Gasteiger partial charge in [-0.05, 0) is 42.0 Å². The van der Waals surface area contributed by atoms with Gasteiger partial charge in [0, 0.05) is 37.1 Å². The number of carbonyl (C=O) groups is 2. The van der Waals surface area contributed by atoms with Crippen molar-refractivity contribution in [3.8, 4) is 0 Å². The standard InChI is InChI=1S/C26H25ClN4O2/c1-30(17-19-7-3-2-4-8-19)25(32)18-31-23-10-6-5-9-22(23)29-24(31)15-16-28-26(33)20-11-13-21(27)14-12-20/h2-14H,15-18H2,1H3,(H,28,33). The molecule has 3 aromatic carbocycles. The number of rotatable bonds is 8. The number of nitrogens with zero attached hydrogens (tertiary/aromatic N) is 3. The van der Waals surface area contributed by atoms with Gasteiger partial charge in [-0.3, -0.25) is 9.59 Å². The summed E-state index contributed by atoms with van der Waals surface area (Å²) in [5.74, 6) is 0.579. The first kappa shape index (κ1) is 22.6. The number of carbonyl (C=O) groups excluding carboxylic acids is 2. The SMILES string of the molecule is CN(Cc1ccccc1)C(=O)Cn1c(CCNC(=O)c2ccc(Cl)cc2)nc2ccccc21. The molecule has 4 aromatic rings. The first-order valence-corrected chi connectivity index (χ1v) is 11.1. The molecule has 7 heteroatoms. The van der Waals surface area contributed by atoms with E-state index in [1.54, 1.807) is 36.2 Å². The first-order valence-electron chi connectivity index (χ1n) is 10.8. The maximum Gasteiger partial charge on any atom is 0.251 e. The molecule has 0 unspecified atom stereocenters. The lowest BCUT2D eigenvalue weighted by Gasteiger charge is -2.19. The molecule has 0 saturated heterocycles. The zero-order valence-electron chi connectivity index (χ0n) is 18.4. The van der Waals surface area contributed by atoms with Gasteiger partial charge in [0.25, 0.3) is 5.91 Å². The molecule has 168 valence electrons. The number of halogens is 1. The summed E-state index contributed by atoms with van der Waals surface area (Å²) in [7, 11) is 1.81. The molecule has 0 saturated carbocycles. The number of amides is 2. The molecule has 1 aromatic heterocycles. The molecule has 0 atom stereocenters. The second kappa shape index (κ2) is 10.3. The third-order valence-electron chi connectivity index (χ3n) is 5.46. The molecule has 0 bridgehead atoms. The van der Waals surface area contributed by atoms with Crippen LogP contribution in [-0.4, -0.2) is 39.9 Å². The lowest BCUT2D eigenvalue weighted by atomic mass is 10.2. The van der Waals surface area contributed by atoms with E-state index in [0.29, 0.717) is 30.1 Å². The van der Waals surface area contributed by atoms with Crippen molar-refractivity contribution in [2.75, 3.05) is 13.6 Å². The van der Waals surface area contributed by atoms with Crippen molar-refractivity contribution in [2.24, 2.45) is 0 Å². The van der Waals surface area contributed by atoms with Gasteiger partial charge in [0.1, 0.15) is 12.4 Å². The van der Waals surface area contributed by atoms with E-state index >= 15 is 0 Å². The molecule has 2 amide bonds. The lowest BCUT2D eigenvalue weighted by Crippen LogP contribution is -2.31. The van der Waals surface area contributed by atoms with Crippen LogP contribution in [0.5, 0.6) is 0 Å². The highest BCUT2D eigenvalue weighted by Gasteiger charge is 2.16. The van der Waals surface area contributed by atoms with Crippen molar-refractivity contribution in [1.29, 1.82) is 0 Å². The van der Waals surface area contributed by atoms with Gasteiger partial charge < -0.3 is 14.8 Å². The van der Waals surface area contributed by atoms with Crippen LogP contribution in [0.15, 0.2) is 78.9 Å². The predicted molar refractivity (Wildman–Crippen MR) is 130 cm³/mol. The van der Waals surface area contributed by atoms with Gasteiger partial charge >= 0.3 is 0 Å². The Labute approximate surface area is 197 Å². The molecule has 0 aliphatic rings. The summed E-state index contributed by atoms with van der Waals surface area (Å²) >= 11 is 5.89. The summed E-state index contributed by atoms with van der Waals surface area (Å²) in [4.78, 5) is 31.8. The minimum absolute atomic E-state index is 0.00606. The number of imidazole rings is 1. The van der Waals surface area contributed by atoms with Gasteiger partial charge in [-0.2, -0.15) is 0 Å². The zero-order chi connectivity index (χ0) is 23.2. The van der Waals surface area contributed by atoms with E-state index in [4.69, 9.17) is 16.6 Å². The van der Waals surface area contributed by atoms with E-state index in [-0.39, 0.29) is 18.4 Å². The van der Waals surface area contributed by atoms with Gasteiger partial charge in [0.15, 0.2) is 0 Å². The summed E-state index contributed by atoms with van der Waals surface area (Å²) in [5, 5.41) is 3.50. The average molecular weight is 461 g/mol. The van der Waals surface area contributed by atoms with Crippen LogP contribution < -0.4 is 5.32 Å². The van der Waals surface area contributed by atoms with E-state index in [1.807, 2.05) is 59.2 Å². The fraction of sp³-hybridized carbons (Fsp3) is 0.192. The summed E-state index contributed by atoms with van der Waals surface area (Å²) in [6, 6.07) is 24.4. The molecule has 33 heavy (non-hydrogen) atoms. The fourth-order valence-electron chi connectivity index (χ4n) is 3.69. The van der Waals surface area contributed by atoms with E-state index in [0.717, 1.165) is 22.4 Å². The minimum Gasteiger partial charge on any atom is -0.352 e. The number of para-hydroxylation sites is 2. The van der Waals surface area contributed by atoms with Crippen LogP contribution in [0, 0.1) is 0 Å². The Morgan fingerprint density at radius 2 is 1.67 bits per heavy atom. The summed E-state index contributed by atoms with van der Waals surface area (Å²) in [5.41, 5.74) is 3.35. The van der Waals surface area contributed by atoms with Gasteiger partial charge in [-0.15, -0.1) is 0 Å². The Kier molecular flexibility index (Phi) is 7.05. The van der Waals surface area contributed by atoms with Crippen LogP contribution >= 0.6 is 11.6 Å². The van der Waals surface area contributed by atoms with Gasteiger partial charge in [0.2, 0.25) is 5.91 Å². The molecular formula is C26H25ClN4O2. The molecule has 1 heterocycles. The molecule has 6 nitrogen and oxygen atoms in total.